The number of aliphatic carboxylic acids is 1. The summed E-state index contributed by atoms with van der Waals surface area (Å²) in [5, 5.41) is 22.4. The Morgan fingerprint density at radius 1 is 0.966 bits per heavy atom. The summed E-state index contributed by atoms with van der Waals surface area (Å²) in [6.45, 7) is 0.186. The lowest BCUT2D eigenvalue weighted by Crippen LogP contribution is -2.47. The molecule has 0 bridgehead atoms. The summed E-state index contributed by atoms with van der Waals surface area (Å²) in [5.41, 5.74) is 4.56. The van der Waals surface area contributed by atoms with E-state index in [4.69, 9.17) is 4.74 Å². The predicted octanol–water partition coefficient (Wildman–Crippen LogP) is 3.53. The van der Waals surface area contributed by atoms with Crippen molar-refractivity contribution < 1.29 is 24.5 Å². The Labute approximate surface area is 169 Å². The summed E-state index contributed by atoms with van der Waals surface area (Å²) in [7, 11) is 0. The summed E-state index contributed by atoms with van der Waals surface area (Å²) < 4.78 is 5.52. The summed E-state index contributed by atoms with van der Waals surface area (Å²) in [6.07, 6.45) is 0.693. The summed E-state index contributed by atoms with van der Waals surface area (Å²) >= 11 is 0. The molecule has 1 saturated carbocycles. The third-order valence-corrected chi connectivity index (χ3v) is 6.07. The number of fused-ring (bicyclic) bond motifs is 3. The molecule has 6 nitrogen and oxygen atoms in total. The number of hydrogen-bond acceptors (Lipinski definition) is 4. The SMILES string of the molecule is O=C(N[C@@H]1CCCC[C@H](C(=O)O)[C@@H]1O)OCC1c2ccccc2-c2ccccc21. The molecular weight excluding hydrogens is 370 g/mol. The molecule has 0 spiro atoms. The van der Waals surface area contributed by atoms with Crippen LogP contribution in [0.3, 0.4) is 0 Å². The minimum absolute atomic E-state index is 0.0426. The van der Waals surface area contributed by atoms with Crippen LogP contribution in [0.25, 0.3) is 11.1 Å². The van der Waals surface area contributed by atoms with Crippen LogP contribution < -0.4 is 5.32 Å². The van der Waals surface area contributed by atoms with Crippen LogP contribution in [0.15, 0.2) is 48.5 Å². The molecule has 0 aromatic heterocycles. The number of amides is 1. The van der Waals surface area contributed by atoms with Gasteiger partial charge in [-0.15, -0.1) is 0 Å². The van der Waals surface area contributed by atoms with Crippen molar-refractivity contribution in [3.63, 3.8) is 0 Å². The maximum absolute atomic E-state index is 12.4. The Morgan fingerprint density at radius 3 is 2.17 bits per heavy atom. The Morgan fingerprint density at radius 2 is 1.55 bits per heavy atom. The van der Waals surface area contributed by atoms with Gasteiger partial charge in [0.2, 0.25) is 0 Å². The van der Waals surface area contributed by atoms with Crippen molar-refractivity contribution in [1.29, 1.82) is 0 Å². The van der Waals surface area contributed by atoms with E-state index in [9.17, 15) is 19.8 Å². The van der Waals surface area contributed by atoms with Gasteiger partial charge < -0.3 is 20.3 Å². The molecule has 3 N–H and O–H groups in total. The van der Waals surface area contributed by atoms with Crippen LogP contribution in [0.1, 0.15) is 42.7 Å². The zero-order chi connectivity index (χ0) is 20.4. The molecule has 0 heterocycles. The number of carbonyl (C=O) groups excluding carboxylic acids is 1. The van der Waals surface area contributed by atoms with Gasteiger partial charge in [-0.25, -0.2) is 4.79 Å². The standard InChI is InChI=1S/C23H25NO5/c25-21-18(22(26)27)11-5-6-12-20(21)24-23(28)29-13-19-16-9-3-1-7-14(16)15-8-2-4-10-17(15)19/h1-4,7-10,18-21,25H,5-6,11-13H2,(H,24,28)(H,26,27)/t18-,20+,21-/m0/s1. The van der Waals surface area contributed by atoms with Gasteiger partial charge in [0.25, 0.3) is 0 Å². The fourth-order valence-corrected chi connectivity index (χ4v) is 4.57. The van der Waals surface area contributed by atoms with E-state index in [0.717, 1.165) is 35.1 Å². The number of benzene rings is 2. The van der Waals surface area contributed by atoms with E-state index in [-0.39, 0.29) is 12.5 Å². The predicted molar refractivity (Wildman–Crippen MR) is 108 cm³/mol. The Hall–Kier alpha value is -2.86. The third-order valence-electron chi connectivity index (χ3n) is 6.07. The van der Waals surface area contributed by atoms with Gasteiger partial charge in [-0.3, -0.25) is 4.79 Å². The number of hydrogen-bond donors (Lipinski definition) is 3. The molecule has 0 unspecified atom stereocenters. The van der Waals surface area contributed by atoms with E-state index in [0.29, 0.717) is 12.8 Å². The van der Waals surface area contributed by atoms with Gasteiger partial charge in [0.05, 0.1) is 18.1 Å². The van der Waals surface area contributed by atoms with Crippen LogP contribution in [0.2, 0.25) is 0 Å². The highest BCUT2D eigenvalue weighted by Gasteiger charge is 2.36. The molecule has 1 amide bonds. The molecule has 6 heteroatoms. The van der Waals surface area contributed by atoms with Crippen LogP contribution in [0.4, 0.5) is 4.79 Å². The maximum atomic E-state index is 12.4. The molecule has 29 heavy (non-hydrogen) atoms. The van der Waals surface area contributed by atoms with E-state index in [1.807, 2.05) is 36.4 Å². The number of carboxylic acids is 1. The van der Waals surface area contributed by atoms with Gasteiger partial charge in [0.1, 0.15) is 6.61 Å². The number of rotatable bonds is 4. The molecular formula is C23H25NO5. The lowest BCUT2D eigenvalue weighted by molar-refractivity contribution is -0.146. The highest BCUT2D eigenvalue weighted by molar-refractivity contribution is 5.79. The Bertz CT molecular complexity index is 866. The summed E-state index contributed by atoms with van der Waals surface area (Å²) in [4.78, 5) is 23.8. The monoisotopic (exact) mass is 395 g/mol. The number of carbonyl (C=O) groups is 2. The highest BCUT2D eigenvalue weighted by atomic mass is 16.5. The first-order chi connectivity index (χ1) is 14.1. The van der Waals surface area contributed by atoms with E-state index >= 15 is 0 Å². The molecule has 1 fully saturated rings. The molecule has 152 valence electrons. The van der Waals surface area contributed by atoms with Crippen LogP contribution in [0, 0.1) is 5.92 Å². The van der Waals surface area contributed by atoms with Crippen molar-refractivity contribution >= 4 is 12.1 Å². The van der Waals surface area contributed by atoms with E-state index in [2.05, 4.69) is 17.4 Å². The van der Waals surface area contributed by atoms with Gasteiger partial charge >= 0.3 is 12.1 Å². The topological polar surface area (TPSA) is 95.9 Å². The van der Waals surface area contributed by atoms with E-state index in [1.54, 1.807) is 0 Å². The molecule has 2 aromatic carbocycles. The number of ether oxygens (including phenoxy) is 1. The molecule has 0 saturated heterocycles. The van der Waals surface area contributed by atoms with Gasteiger partial charge in [-0.2, -0.15) is 0 Å². The molecule has 3 atom stereocenters. The van der Waals surface area contributed by atoms with Crippen LogP contribution in [-0.4, -0.2) is 41.0 Å². The number of nitrogens with one attached hydrogen (secondary N) is 1. The van der Waals surface area contributed by atoms with Crippen molar-refractivity contribution in [3.05, 3.63) is 59.7 Å². The fourth-order valence-electron chi connectivity index (χ4n) is 4.57. The highest BCUT2D eigenvalue weighted by Crippen LogP contribution is 2.44. The van der Waals surface area contributed by atoms with E-state index < -0.39 is 30.1 Å². The quantitative estimate of drug-likeness (QED) is 0.689. The first kappa shape index (κ1) is 19.5. The van der Waals surface area contributed by atoms with Gasteiger partial charge in [-0.05, 0) is 35.1 Å². The Balaban J connectivity index is 1.43. The molecule has 0 radical (unpaired) electrons. The fraction of sp³-hybridized carbons (Fsp3) is 0.391. The van der Waals surface area contributed by atoms with Crippen molar-refractivity contribution in [1.82, 2.24) is 5.32 Å². The largest absolute Gasteiger partial charge is 0.481 e. The van der Waals surface area contributed by atoms with Crippen molar-refractivity contribution in [2.24, 2.45) is 5.92 Å². The Kier molecular flexibility index (Phi) is 5.53. The van der Waals surface area contributed by atoms with Crippen LogP contribution >= 0.6 is 0 Å². The molecule has 4 rings (SSSR count). The number of aliphatic hydroxyl groups is 1. The molecule has 2 aliphatic rings. The number of alkyl carbamates (subject to hydrolysis) is 1. The summed E-state index contributed by atoms with van der Waals surface area (Å²) in [5.74, 6) is -1.94. The lowest BCUT2D eigenvalue weighted by atomic mass is 9.95. The minimum Gasteiger partial charge on any atom is -0.481 e. The first-order valence-corrected chi connectivity index (χ1v) is 10.1. The molecule has 2 aromatic rings. The zero-order valence-corrected chi connectivity index (χ0v) is 16.1. The second kappa shape index (κ2) is 8.25. The van der Waals surface area contributed by atoms with Crippen molar-refractivity contribution in [2.45, 2.75) is 43.7 Å². The maximum Gasteiger partial charge on any atom is 0.407 e. The smallest absolute Gasteiger partial charge is 0.407 e. The van der Waals surface area contributed by atoms with Gasteiger partial charge in [0.15, 0.2) is 0 Å². The lowest BCUT2D eigenvalue weighted by Gasteiger charge is -2.25. The van der Waals surface area contributed by atoms with Crippen molar-refractivity contribution in [2.75, 3.05) is 6.61 Å². The van der Waals surface area contributed by atoms with E-state index in [1.165, 1.54) is 0 Å². The van der Waals surface area contributed by atoms with Gasteiger partial charge in [0, 0.05) is 5.92 Å². The summed E-state index contributed by atoms with van der Waals surface area (Å²) in [6, 6.07) is 15.6. The average molecular weight is 395 g/mol. The number of carboxylic acid groups (broad SMARTS) is 1. The molecule has 2 aliphatic carbocycles. The number of aliphatic hydroxyl groups excluding tert-OH is 1. The first-order valence-electron chi connectivity index (χ1n) is 10.1. The van der Waals surface area contributed by atoms with Crippen LogP contribution in [0.5, 0.6) is 0 Å². The second-order valence-electron chi connectivity index (χ2n) is 7.80. The zero-order valence-electron chi connectivity index (χ0n) is 16.1. The third kappa shape index (κ3) is 3.85. The normalized spacial score (nSPS) is 23.6. The van der Waals surface area contributed by atoms with Gasteiger partial charge in [-0.1, -0.05) is 61.4 Å². The average Bonchev–Trinajstić information content (AvgIpc) is 2.92. The minimum atomic E-state index is -1.12. The molecule has 0 aliphatic heterocycles. The van der Waals surface area contributed by atoms with Crippen LogP contribution in [-0.2, 0) is 9.53 Å². The van der Waals surface area contributed by atoms with Crippen molar-refractivity contribution in [3.8, 4) is 11.1 Å². The second-order valence-corrected chi connectivity index (χ2v) is 7.80.